The van der Waals surface area contributed by atoms with Crippen LogP contribution in [0.4, 0.5) is 0 Å². The zero-order chi connectivity index (χ0) is 16.7. The quantitative estimate of drug-likeness (QED) is 0.824. The Bertz CT molecular complexity index is 602. The van der Waals surface area contributed by atoms with Crippen molar-refractivity contribution >= 4 is 15.9 Å². The summed E-state index contributed by atoms with van der Waals surface area (Å²) in [6.45, 7) is 1.87. The third kappa shape index (κ3) is 6.71. The van der Waals surface area contributed by atoms with E-state index in [4.69, 9.17) is 0 Å². The van der Waals surface area contributed by atoms with Gasteiger partial charge in [-0.25, -0.2) is 13.1 Å². The van der Waals surface area contributed by atoms with E-state index < -0.39 is 10.0 Å². The smallest absolute Gasteiger partial charge is 0.222 e. The highest BCUT2D eigenvalue weighted by molar-refractivity contribution is 7.88. The zero-order valence-electron chi connectivity index (χ0n) is 13.7. The molecule has 0 aromatic heterocycles. The molecule has 1 amide bonds. The predicted molar refractivity (Wildman–Crippen MR) is 91.5 cm³/mol. The molecule has 1 fully saturated rings. The lowest BCUT2D eigenvalue weighted by Crippen LogP contribution is -2.43. The number of nitrogens with zero attached hydrogens (tertiary/aromatic N) is 1. The number of hydrogen-bond donors (Lipinski definition) is 1. The number of likely N-dealkylation sites (tertiary alicyclic amines) is 1. The molecule has 1 aliphatic heterocycles. The molecule has 0 aliphatic carbocycles. The molecule has 1 aliphatic rings. The van der Waals surface area contributed by atoms with Gasteiger partial charge in [0.2, 0.25) is 15.9 Å². The summed E-state index contributed by atoms with van der Waals surface area (Å²) < 4.78 is 24.9. The Morgan fingerprint density at radius 2 is 2.04 bits per heavy atom. The molecule has 23 heavy (non-hydrogen) atoms. The first-order valence-corrected chi connectivity index (χ1v) is 10.1. The number of piperidine rings is 1. The van der Waals surface area contributed by atoms with Crippen molar-refractivity contribution in [2.75, 3.05) is 25.9 Å². The molecule has 1 N–H and O–H groups in total. The maximum absolute atomic E-state index is 12.3. The normalized spacial score (nSPS) is 18.8. The average molecular weight is 338 g/mol. The molecule has 1 atom stereocenters. The number of hydrogen-bond acceptors (Lipinski definition) is 3. The zero-order valence-corrected chi connectivity index (χ0v) is 14.5. The van der Waals surface area contributed by atoms with Crippen LogP contribution in [0.5, 0.6) is 0 Å². The minimum Gasteiger partial charge on any atom is -0.342 e. The van der Waals surface area contributed by atoms with Crippen LogP contribution in [0.3, 0.4) is 0 Å². The molecule has 1 saturated heterocycles. The number of nitrogens with one attached hydrogen (secondary N) is 1. The van der Waals surface area contributed by atoms with Crippen LogP contribution in [0.2, 0.25) is 0 Å². The summed E-state index contributed by atoms with van der Waals surface area (Å²) in [5.74, 6) is 0.404. The van der Waals surface area contributed by atoms with Crippen LogP contribution in [0.1, 0.15) is 31.2 Å². The van der Waals surface area contributed by atoms with Gasteiger partial charge in [-0.1, -0.05) is 30.3 Å². The van der Waals surface area contributed by atoms with Crippen LogP contribution in [-0.4, -0.2) is 45.1 Å². The van der Waals surface area contributed by atoms with Gasteiger partial charge in [0.25, 0.3) is 0 Å². The second-order valence-electron chi connectivity index (χ2n) is 6.31. The molecule has 2 rings (SSSR count). The van der Waals surface area contributed by atoms with E-state index in [-0.39, 0.29) is 11.8 Å². The van der Waals surface area contributed by atoms with E-state index in [9.17, 15) is 13.2 Å². The summed E-state index contributed by atoms with van der Waals surface area (Å²) in [5, 5.41) is 0. The molecule has 1 heterocycles. The Balaban J connectivity index is 1.73. The van der Waals surface area contributed by atoms with Crippen molar-refractivity contribution in [1.82, 2.24) is 9.62 Å². The van der Waals surface area contributed by atoms with Crippen LogP contribution in [-0.2, 0) is 21.2 Å². The fraction of sp³-hybridized carbons (Fsp3) is 0.588. The number of amides is 1. The molecule has 0 unspecified atom stereocenters. The molecule has 0 radical (unpaired) electrons. The first-order valence-electron chi connectivity index (χ1n) is 8.20. The van der Waals surface area contributed by atoms with Gasteiger partial charge in [0.05, 0.1) is 6.26 Å². The van der Waals surface area contributed by atoms with Crippen molar-refractivity contribution in [3.05, 3.63) is 35.9 Å². The minimum atomic E-state index is -3.16. The third-order valence-corrected chi connectivity index (χ3v) is 4.90. The van der Waals surface area contributed by atoms with Crippen molar-refractivity contribution in [3.63, 3.8) is 0 Å². The van der Waals surface area contributed by atoms with Crippen molar-refractivity contribution in [2.45, 2.75) is 32.1 Å². The lowest BCUT2D eigenvalue weighted by molar-refractivity contribution is -0.133. The lowest BCUT2D eigenvalue weighted by atomic mass is 9.97. The second kappa shape index (κ2) is 8.45. The van der Waals surface area contributed by atoms with Gasteiger partial charge in [0.15, 0.2) is 0 Å². The lowest BCUT2D eigenvalue weighted by Gasteiger charge is -2.33. The summed E-state index contributed by atoms with van der Waals surface area (Å²) >= 11 is 0. The molecule has 128 valence electrons. The monoisotopic (exact) mass is 338 g/mol. The molecule has 1 aromatic carbocycles. The summed E-state index contributed by atoms with van der Waals surface area (Å²) in [6, 6.07) is 10.2. The molecule has 0 spiro atoms. The van der Waals surface area contributed by atoms with Gasteiger partial charge in [-0.15, -0.1) is 0 Å². The Morgan fingerprint density at radius 3 is 2.74 bits per heavy atom. The largest absolute Gasteiger partial charge is 0.342 e. The minimum absolute atomic E-state index is 0.185. The first kappa shape index (κ1) is 17.9. The third-order valence-electron chi connectivity index (χ3n) is 4.20. The van der Waals surface area contributed by atoms with E-state index in [0.717, 1.165) is 32.2 Å². The fourth-order valence-corrected chi connectivity index (χ4v) is 3.51. The molecular weight excluding hydrogens is 312 g/mol. The van der Waals surface area contributed by atoms with E-state index in [1.807, 2.05) is 23.1 Å². The Hall–Kier alpha value is -1.40. The predicted octanol–water partition coefficient (Wildman–Crippen LogP) is 1.80. The van der Waals surface area contributed by atoms with E-state index >= 15 is 0 Å². The maximum atomic E-state index is 12.3. The van der Waals surface area contributed by atoms with E-state index in [1.54, 1.807) is 0 Å². The highest BCUT2D eigenvalue weighted by Gasteiger charge is 2.23. The van der Waals surface area contributed by atoms with Crippen molar-refractivity contribution in [2.24, 2.45) is 5.92 Å². The Morgan fingerprint density at radius 1 is 1.30 bits per heavy atom. The average Bonchev–Trinajstić information content (AvgIpc) is 2.53. The van der Waals surface area contributed by atoms with Gasteiger partial charge >= 0.3 is 0 Å². The van der Waals surface area contributed by atoms with E-state index in [1.165, 1.54) is 11.8 Å². The number of aryl methyl sites for hydroxylation is 1. The van der Waals surface area contributed by atoms with Crippen molar-refractivity contribution < 1.29 is 13.2 Å². The van der Waals surface area contributed by atoms with Crippen molar-refractivity contribution in [1.29, 1.82) is 0 Å². The fourth-order valence-electron chi connectivity index (χ4n) is 2.97. The molecule has 0 bridgehead atoms. The highest BCUT2D eigenvalue weighted by atomic mass is 32.2. The van der Waals surface area contributed by atoms with Crippen LogP contribution >= 0.6 is 0 Å². The van der Waals surface area contributed by atoms with E-state index in [2.05, 4.69) is 16.9 Å². The van der Waals surface area contributed by atoms with Crippen LogP contribution < -0.4 is 4.72 Å². The van der Waals surface area contributed by atoms with Gasteiger partial charge in [0, 0.05) is 26.1 Å². The van der Waals surface area contributed by atoms with E-state index in [0.29, 0.717) is 19.5 Å². The molecule has 5 nitrogen and oxygen atoms in total. The number of carbonyl (C=O) groups excluding carboxylic acids is 1. The number of rotatable bonds is 7. The second-order valence-corrected chi connectivity index (χ2v) is 8.14. The maximum Gasteiger partial charge on any atom is 0.222 e. The topological polar surface area (TPSA) is 66.5 Å². The Kier molecular flexibility index (Phi) is 6.59. The highest BCUT2D eigenvalue weighted by Crippen LogP contribution is 2.17. The van der Waals surface area contributed by atoms with Gasteiger partial charge in [0.1, 0.15) is 0 Å². The molecule has 6 heteroatoms. The van der Waals surface area contributed by atoms with Crippen LogP contribution in [0, 0.1) is 5.92 Å². The standard InChI is InChI=1S/C17H26N2O3S/c1-23(21,22)18-13-16-10-6-12-19(14-16)17(20)11-5-9-15-7-3-2-4-8-15/h2-4,7-8,16,18H,5-6,9-14H2,1H3/t16-/m0/s1. The number of benzene rings is 1. The summed E-state index contributed by atoms with van der Waals surface area (Å²) in [6.07, 6.45) is 5.41. The summed E-state index contributed by atoms with van der Waals surface area (Å²) in [5.41, 5.74) is 1.26. The Labute approximate surface area is 139 Å². The van der Waals surface area contributed by atoms with Gasteiger partial charge < -0.3 is 4.90 Å². The van der Waals surface area contributed by atoms with Gasteiger partial charge in [-0.05, 0) is 37.2 Å². The summed E-state index contributed by atoms with van der Waals surface area (Å²) in [7, 11) is -3.16. The molecule has 0 saturated carbocycles. The van der Waals surface area contributed by atoms with Crippen LogP contribution in [0.15, 0.2) is 30.3 Å². The summed E-state index contributed by atoms with van der Waals surface area (Å²) in [4.78, 5) is 14.2. The number of sulfonamides is 1. The SMILES string of the molecule is CS(=O)(=O)NC[C@@H]1CCCN(C(=O)CCCc2ccccc2)C1. The van der Waals surface area contributed by atoms with Crippen molar-refractivity contribution in [3.8, 4) is 0 Å². The van der Waals surface area contributed by atoms with Gasteiger partial charge in [-0.2, -0.15) is 0 Å². The van der Waals surface area contributed by atoms with Gasteiger partial charge in [-0.3, -0.25) is 4.79 Å². The van der Waals surface area contributed by atoms with Crippen LogP contribution in [0.25, 0.3) is 0 Å². The number of carbonyl (C=O) groups is 1. The molecular formula is C17H26N2O3S. The first-order chi connectivity index (χ1) is 10.9. The molecule has 1 aromatic rings.